The molecule has 0 unspecified atom stereocenters. The van der Waals surface area contributed by atoms with Gasteiger partial charge in [-0.1, -0.05) is 49.2 Å². The second-order valence-corrected chi connectivity index (χ2v) is 7.80. The Morgan fingerprint density at radius 2 is 1.62 bits per heavy atom. The van der Waals surface area contributed by atoms with Gasteiger partial charge in [-0.3, -0.25) is 4.79 Å². The molecule has 5 heteroatoms. The number of aryl methyl sites for hydroxylation is 1. The first-order chi connectivity index (χ1) is 11.4. The van der Waals surface area contributed by atoms with Crippen LogP contribution in [0.3, 0.4) is 0 Å². The Morgan fingerprint density at radius 1 is 1.00 bits per heavy atom. The molecule has 128 valence electrons. The van der Waals surface area contributed by atoms with Crippen LogP contribution in [0.1, 0.15) is 25.3 Å². The molecule has 0 spiro atoms. The fraction of sp³-hybridized carbons (Fsp3) is 0.316. The van der Waals surface area contributed by atoms with E-state index >= 15 is 0 Å². The highest BCUT2D eigenvalue weighted by Crippen LogP contribution is 2.18. The molecule has 0 atom stereocenters. The minimum Gasteiger partial charge on any atom is -0.312 e. The first kappa shape index (κ1) is 18.2. The number of sulfone groups is 1. The Morgan fingerprint density at radius 3 is 2.21 bits per heavy atom. The summed E-state index contributed by atoms with van der Waals surface area (Å²) in [6, 6.07) is 15.8. The van der Waals surface area contributed by atoms with Crippen molar-refractivity contribution < 1.29 is 13.2 Å². The monoisotopic (exact) mass is 345 g/mol. The molecule has 1 amide bonds. The number of rotatable bonds is 7. The van der Waals surface area contributed by atoms with E-state index in [1.807, 2.05) is 44.2 Å². The Labute approximate surface area is 144 Å². The Balaban J connectivity index is 2.22. The fourth-order valence-corrected chi connectivity index (χ4v) is 3.59. The van der Waals surface area contributed by atoms with Gasteiger partial charge in [0.05, 0.1) is 4.90 Å². The van der Waals surface area contributed by atoms with Gasteiger partial charge in [0.25, 0.3) is 0 Å². The molecule has 24 heavy (non-hydrogen) atoms. The molecule has 0 aromatic heterocycles. The summed E-state index contributed by atoms with van der Waals surface area (Å²) >= 11 is 0. The third-order valence-corrected chi connectivity index (χ3v) is 5.42. The van der Waals surface area contributed by atoms with E-state index in [-0.39, 0.29) is 4.90 Å². The molecule has 0 saturated heterocycles. The molecule has 2 rings (SSSR count). The van der Waals surface area contributed by atoms with Crippen LogP contribution < -0.4 is 4.90 Å². The summed E-state index contributed by atoms with van der Waals surface area (Å²) in [6.45, 7) is 4.45. The number of nitrogens with zero attached hydrogens (tertiary/aromatic N) is 1. The molecule has 0 aliphatic heterocycles. The van der Waals surface area contributed by atoms with Crippen LogP contribution in [0.4, 0.5) is 5.69 Å². The molecule has 0 aliphatic rings. The number of hydrogen-bond donors (Lipinski definition) is 0. The summed E-state index contributed by atoms with van der Waals surface area (Å²) in [5.41, 5.74) is 1.71. The molecule has 0 aliphatic carbocycles. The van der Waals surface area contributed by atoms with Crippen molar-refractivity contribution in [1.82, 2.24) is 0 Å². The first-order valence-corrected chi connectivity index (χ1v) is 9.74. The number of carbonyl (C=O) groups is 1. The van der Waals surface area contributed by atoms with Gasteiger partial charge < -0.3 is 4.90 Å². The minimum atomic E-state index is -3.65. The summed E-state index contributed by atoms with van der Waals surface area (Å²) in [7, 11) is -3.65. The molecule has 2 aromatic carbocycles. The standard InChI is InChI=1S/C19H23NO3S/c1-3-4-14-20(17-8-6-5-7-9-17)19(21)15-24(22,23)18-12-10-16(2)11-13-18/h5-13H,3-4,14-15H2,1-2H3. The summed E-state index contributed by atoms with van der Waals surface area (Å²) in [5, 5.41) is 0. The van der Waals surface area contributed by atoms with Crippen molar-refractivity contribution in [3.05, 3.63) is 60.2 Å². The maximum Gasteiger partial charge on any atom is 0.242 e. The molecular weight excluding hydrogens is 322 g/mol. The lowest BCUT2D eigenvalue weighted by atomic mass is 10.2. The van der Waals surface area contributed by atoms with E-state index in [1.54, 1.807) is 29.2 Å². The van der Waals surface area contributed by atoms with Gasteiger partial charge in [-0.05, 0) is 37.6 Å². The molecule has 0 saturated carbocycles. The average Bonchev–Trinajstić information content (AvgIpc) is 2.56. The van der Waals surface area contributed by atoms with Gasteiger partial charge in [-0.2, -0.15) is 0 Å². The van der Waals surface area contributed by atoms with Crippen molar-refractivity contribution in [3.63, 3.8) is 0 Å². The van der Waals surface area contributed by atoms with Crippen molar-refractivity contribution in [2.75, 3.05) is 17.2 Å². The van der Waals surface area contributed by atoms with Crippen LogP contribution in [-0.2, 0) is 14.6 Å². The predicted molar refractivity (Wildman–Crippen MR) is 96.9 cm³/mol. The Bertz CT molecular complexity index is 768. The molecule has 2 aromatic rings. The van der Waals surface area contributed by atoms with Gasteiger partial charge in [0.1, 0.15) is 5.75 Å². The van der Waals surface area contributed by atoms with Crippen LogP contribution in [0.5, 0.6) is 0 Å². The van der Waals surface area contributed by atoms with Gasteiger partial charge in [-0.25, -0.2) is 8.42 Å². The van der Waals surface area contributed by atoms with E-state index < -0.39 is 21.5 Å². The Kier molecular flexibility index (Phi) is 6.15. The molecule has 0 N–H and O–H groups in total. The highest BCUT2D eigenvalue weighted by Gasteiger charge is 2.24. The third-order valence-electron chi connectivity index (χ3n) is 3.80. The lowest BCUT2D eigenvalue weighted by Gasteiger charge is -2.22. The van der Waals surface area contributed by atoms with Crippen molar-refractivity contribution >= 4 is 21.4 Å². The van der Waals surface area contributed by atoms with Crippen LogP contribution in [0.15, 0.2) is 59.5 Å². The minimum absolute atomic E-state index is 0.185. The second-order valence-electron chi connectivity index (χ2n) is 5.81. The number of amides is 1. The van der Waals surface area contributed by atoms with Gasteiger partial charge in [0.15, 0.2) is 9.84 Å². The van der Waals surface area contributed by atoms with Crippen LogP contribution in [-0.4, -0.2) is 26.6 Å². The van der Waals surface area contributed by atoms with Gasteiger partial charge >= 0.3 is 0 Å². The lowest BCUT2D eigenvalue weighted by Crippen LogP contribution is -2.36. The smallest absolute Gasteiger partial charge is 0.242 e. The van der Waals surface area contributed by atoms with Crippen molar-refractivity contribution in [2.24, 2.45) is 0 Å². The zero-order valence-electron chi connectivity index (χ0n) is 14.1. The number of carbonyl (C=O) groups excluding carboxylic acids is 1. The predicted octanol–water partition coefficient (Wildman–Crippen LogP) is 3.60. The first-order valence-electron chi connectivity index (χ1n) is 8.09. The van der Waals surface area contributed by atoms with Crippen LogP contribution in [0.25, 0.3) is 0 Å². The van der Waals surface area contributed by atoms with Crippen LogP contribution in [0, 0.1) is 6.92 Å². The second kappa shape index (κ2) is 8.11. The third kappa shape index (κ3) is 4.68. The highest BCUT2D eigenvalue weighted by molar-refractivity contribution is 7.92. The maximum absolute atomic E-state index is 12.7. The fourth-order valence-electron chi connectivity index (χ4n) is 2.39. The summed E-state index contributed by atoms with van der Waals surface area (Å²) in [4.78, 5) is 14.4. The number of unbranched alkanes of at least 4 members (excludes halogenated alkanes) is 1. The van der Waals surface area contributed by atoms with E-state index in [2.05, 4.69) is 0 Å². The van der Waals surface area contributed by atoms with Gasteiger partial charge in [-0.15, -0.1) is 0 Å². The number of benzene rings is 2. The zero-order chi connectivity index (χ0) is 17.6. The topological polar surface area (TPSA) is 54.5 Å². The molecular formula is C19H23NO3S. The van der Waals surface area contributed by atoms with Crippen LogP contribution >= 0.6 is 0 Å². The van der Waals surface area contributed by atoms with Crippen LogP contribution in [0.2, 0.25) is 0 Å². The van der Waals surface area contributed by atoms with E-state index in [9.17, 15) is 13.2 Å². The van der Waals surface area contributed by atoms with E-state index in [4.69, 9.17) is 0 Å². The molecule has 0 heterocycles. The highest BCUT2D eigenvalue weighted by atomic mass is 32.2. The number of para-hydroxylation sites is 1. The van der Waals surface area contributed by atoms with Crippen molar-refractivity contribution in [2.45, 2.75) is 31.6 Å². The van der Waals surface area contributed by atoms with E-state index in [1.165, 1.54) is 0 Å². The van der Waals surface area contributed by atoms with Crippen molar-refractivity contribution in [3.8, 4) is 0 Å². The molecule has 0 radical (unpaired) electrons. The largest absolute Gasteiger partial charge is 0.312 e. The number of hydrogen-bond acceptors (Lipinski definition) is 3. The van der Waals surface area contributed by atoms with Gasteiger partial charge in [0, 0.05) is 12.2 Å². The summed E-state index contributed by atoms with van der Waals surface area (Å²) in [5.74, 6) is -0.912. The number of anilines is 1. The Hall–Kier alpha value is -2.14. The van der Waals surface area contributed by atoms with E-state index in [0.717, 1.165) is 24.1 Å². The normalized spacial score (nSPS) is 11.2. The molecule has 0 fully saturated rings. The summed E-state index contributed by atoms with van der Waals surface area (Å²) < 4.78 is 25.0. The quantitative estimate of drug-likeness (QED) is 0.770. The zero-order valence-corrected chi connectivity index (χ0v) is 14.9. The van der Waals surface area contributed by atoms with Gasteiger partial charge in [0.2, 0.25) is 5.91 Å². The average molecular weight is 345 g/mol. The molecule has 4 nitrogen and oxygen atoms in total. The van der Waals surface area contributed by atoms with E-state index in [0.29, 0.717) is 6.54 Å². The molecule has 0 bridgehead atoms. The summed E-state index contributed by atoms with van der Waals surface area (Å²) in [6.07, 6.45) is 1.76. The maximum atomic E-state index is 12.7. The lowest BCUT2D eigenvalue weighted by molar-refractivity contribution is -0.116. The van der Waals surface area contributed by atoms with Crippen molar-refractivity contribution in [1.29, 1.82) is 0 Å². The SMILES string of the molecule is CCCCN(C(=O)CS(=O)(=O)c1ccc(C)cc1)c1ccccc1.